The number of aliphatic hydroxyl groups is 1. The zero-order valence-electron chi connectivity index (χ0n) is 15.3. The number of carbonyl (C=O) groups excluding carboxylic acids is 2. The van der Waals surface area contributed by atoms with E-state index in [-0.39, 0.29) is 0 Å². The molecule has 2 fully saturated rings. The number of aliphatic carboxylic acids is 1. The van der Waals surface area contributed by atoms with E-state index in [4.69, 9.17) is 4.74 Å². The van der Waals surface area contributed by atoms with Crippen LogP contribution in [0.15, 0.2) is 36.4 Å². The van der Waals surface area contributed by atoms with Crippen molar-refractivity contribution in [2.24, 2.45) is 11.8 Å². The highest BCUT2D eigenvalue weighted by Crippen LogP contribution is 2.49. The number of imide groups is 1. The number of carboxylic acid groups (broad SMARTS) is 1. The average molecular weight is 384 g/mol. The maximum atomic E-state index is 12.6. The standard InChI is InChI=1S/C20H20N2O6/c1-9(23)20(19(26)27)15-14(17(24)21-18(15)25)16(22-20)12-7-8-13(28-2)11-6-4-3-5-10(11)12/h3-9,14-16,22-23H,1-2H3,(H,26,27)(H,21,24,25). The molecule has 0 aliphatic carbocycles. The number of nitrogens with one attached hydrogen (secondary N) is 2. The number of ether oxygens (including phenoxy) is 1. The average Bonchev–Trinajstić information content (AvgIpc) is 3.18. The number of carbonyl (C=O) groups is 3. The van der Waals surface area contributed by atoms with Gasteiger partial charge in [-0.1, -0.05) is 30.3 Å². The Bertz CT molecular complexity index is 1000. The Labute approximate surface area is 160 Å². The van der Waals surface area contributed by atoms with Crippen molar-refractivity contribution < 1.29 is 29.3 Å². The van der Waals surface area contributed by atoms with Crippen molar-refractivity contribution >= 4 is 28.6 Å². The molecule has 2 saturated heterocycles. The lowest BCUT2D eigenvalue weighted by Crippen LogP contribution is -2.62. The molecule has 2 aromatic rings. The van der Waals surface area contributed by atoms with Crippen LogP contribution in [0.25, 0.3) is 10.8 Å². The van der Waals surface area contributed by atoms with Crippen molar-refractivity contribution in [3.8, 4) is 5.75 Å². The van der Waals surface area contributed by atoms with Gasteiger partial charge in [-0.15, -0.1) is 0 Å². The lowest BCUT2D eigenvalue weighted by Gasteiger charge is -2.32. The number of hydrogen-bond donors (Lipinski definition) is 4. The molecule has 5 atom stereocenters. The van der Waals surface area contributed by atoms with Gasteiger partial charge in [0.05, 0.1) is 25.0 Å². The van der Waals surface area contributed by atoms with E-state index in [1.807, 2.05) is 24.3 Å². The Hall–Kier alpha value is -2.97. The molecule has 2 aromatic carbocycles. The van der Waals surface area contributed by atoms with Gasteiger partial charge in [0.2, 0.25) is 11.8 Å². The summed E-state index contributed by atoms with van der Waals surface area (Å²) in [4.78, 5) is 37.2. The summed E-state index contributed by atoms with van der Waals surface area (Å²) in [6, 6.07) is 10.1. The van der Waals surface area contributed by atoms with E-state index in [1.165, 1.54) is 6.92 Å². The fourth-order valence-electron chi connectivity index (χ4n) is 4.64. The normalized spacial score (nSPS) is 30.2. The minimum atomic E-state index is -1.97. The smallest absolute Gasteiger partial charge is 0.327 e. The molecule has 28 heavy (non-hydrogen) atoms. The second-order valence-electron chi connectivity index (χ2n) is 7.23. The molecule has 0 spiro atoms. The fraction of sp³-hybridized carbons (Fsp3) is 0.350. The quantitative estimate of drug-likeness (QED) is 0.569. The van der Waals surface area contributed by atoms with Gasteiger partial charge in [-0.3, -0.25) is 25.0 Å². The summed E-state index contributed by atoms with van der Waals surface area (Å²) in [5.41, 5.74) is -1.30. The fourth-order valence-corrected chi connectivity index (χ4v) is 4.64. The van der Waals surface area contributed by atoms with E-state index in [9.17, 15) is 24.6 Å². The summed E-state index contributed by atoms with van der Waals surface area (Å²) >= 11 is 0. The highest BCUT2D eigenvalue weighted by Gasteiger charge is 2.68. The number of amides is 2. The molecular weight excluding hydrogens is 364 g/mol. The van der Waals surface area contributed by atoms with Crippen LogP contribution in [-0.2, 0) is 14.4 Å². The van der Waals surface area contributed by atoms with Crippen molar-refractivity contribution in [1.82, 2.24) is 10.6 Å². The largest absolute Gasteiger partial charge is 0.496 e. The minimum absolute atomic E-state index is 0.545. The molecular formula is C20H20N2O6. The third-order valence-electron chi connectivity index (χ3n) is 5.92. The van der Waals surface area contributed by atoms with Crippen LogP contribution in [0.2, 0.25) is 0 Å². The monoisotopic (exact) mass is 384 g/mol. The predicted octanol–water partition coefficient (Wildman–Crippen LogP) is 0.586. The number of hydrogen-bond acceptors (Lipinski definition) is 6. The summed E-state index contributed by atoms with van der Waals surface area (Å²) in [7, 11) is 1.55. The summed E-state index contributed by atoms with van der Waals surface area (Å²) in [6.45, 7) is 1.31. The van der Waals surface area contributed by atoms with Gasteiger partial charge in [-0.05, 0) is 23.9 Å². The van der Waals surface area contributed by atoms with E-state index in [0.29, 0.717) is 11.3 Å². The van der Waals surface area contributed by atoms with Crippen molar-refractivity contribution in [3.05, 3.63) is 42.0 Å². The Kier molecular flexibility index (Phi) is 4.13. The van der Waals surface area contributed by atoms with Crippen LogP contribution < -0.4 is 15.4 Å². The molecule has 0 radical (unpaired) electrons. The SMILES string of the molecule is COc1ccc(C2NC(C(=O)O)(C(C)O)C3C(=O)NC(=O)C23)c2ccccc12. The highest BCUT2D eigenvalue weighted by atomic mass is 16.5. The lowest BCUT2D eigenvalue weighted by molar-refractivity contribution is -0.154. The molecule has 2 amide bonds. The molecule has 4 rings (SSSR count). The van der Waals surface area contributed by atoms with Gasteiger partial charge in [0.15, 0.2) is 5.54 Å². The van der Waals surface area contributed by atoms with E-state index in [2.05, 4.69) is 10.6 Å². The molecule has 2 aliphatic rings. The number of carboxylic acids is 1. The maximum Gasteiger partial charge on any atom is 0.327 e. The number of methoxy groups -OCH3 is 1. The van der Waals surface area contributed by atoms with Crippen molar-refractivity contribution in [1.29, 1.82) is 0 Å². The Morgan fingerprint density at radius 1 is 1.14 bits per heavy atom. The third kappa shape index (κ3) is 2.28. The van der Waals surface area contributed by atoms with Gasteiger partial charge in [-0.2, -0.15) is 0 Å². The maximum absolute atomic E-state index is 12.6. The molecule has 0 bridgehead atoms. The lowest BCUT2D eigenvalue weighted by atomic mass is 9.76. The second-order valence-corrected chi connectivity index (χ2v) is 7.23. The van der Waals surface area contributed by atoms with E-state index in [0.717, 1.165) is 10.8 Å². The first-order valence-corrected chi connectivity index (χ1v) is 8.92. The molecule has 2 heterocycles. The number of aliphatic hydroxyl groups excluding tert-OH is 1. The van der Waals surface area contributed by atoms with Crippen LogP contribution in [0.1, 0.15) is 18.5 Å². The van der Waals surface area contributed by atoms with Crippen LogP contribution in [0.3, 0.4) is 0 Å². The third-order valence-corrected chi connectivity index (χ3v) is 5.92. The van der Waals surface area contributed by atoms with Gasteiger partial charge >= 0.3 is 5.97 Å². The first kappa shape index (κ1) is 18.4. The number of rotatable bonds is 4. The van der Waals surface area contributed by atoms with E-state index < -0.39 is 47.3 Å². The molecule has 8 heteroatoms. The van der Waals surface area contributed by atoms with Crippen molar-refractivity contribution in [3.63, 3.8) is 0 Å². The van der Waals surface area contributed by atoms with Gasteiger partial charge in [0, 0.05) is 11.4 Å². The molecule has 2 aliphatic heterocycles. The summed E-state index contributed by atoms with van der Waals surface area (Å²) in [5, 5.41) is 27.0. The topological polar surface area (TPSA) is 125 Å². The summed E-state index contributed by atoms with van der Waals surface area (Å²) in [6.07, 6.45) is -1.40. The molecule has 146 valence electrons. The van der Waals surface area contributed by atoms with Gasteiger partial charge < -0.3 is 14.9 Å². The van der Waals surface area contributed by atoms with Crippen molar-refractivity contribution in [2.45, 2.75) is 24.6 Å². The Morgan fingerprint density at radius 3 is 2.43 bits per heavy atom. The van der Waals surface area contributed by atoms with Crippen LogP contribution in [0, 0.1) is 11.8 Å². The highest BCUT2D eigenvalue weighted by molar-refractivity contribution is 6.10. The number of fused-ring (bicyclic) bond motifs is 2. The van der Waals surface area contributed by atoms with Gasteiger partial charge in [0.25, 0.3) is 0 Å². The molecule has 0 saturated carbocycles. The van der Waals surface area contributed by atoms with Crippen molar-refractivity contribution in [2.75, 3.05) is 7.11 Å². The van der Waals surface area contributed by atoms with Crippen LogP contribution in [0.5, 0.6) is 5.75 Å². The predicted molar refractivity (Wildman–Crippen MR) is 98.6 cm³/mol. The second kappa shape index (κ2) is 6.29. The van der Waals surface area contributed by atoms with E-state index in [1.54, 1.807) is 19.2 Å². The molecule has 0 aromatic heterocycles. The summed E-state index contributed by atoms with van der Waals surface area (Å²) in [5.74, 6) is -4.14. The molecule has 5 unspecified atom stereocenters. The van der Waals surface area contributed by atoms with Gasteiger partial charge in [0.1, 0.15) is 5.75 Å². The first-order chi connectivity index (χ1) is 13.3. The molecule has 8 nitrogen and oxygen atoms in total. The Balaban J connectivity index is 1.94. The van der Waals surface area contributed by atoms with Crippen LogP contribution in [0.4, 0.5) is 0 Å². The molecule has 4 N–H and O–H groups in total. The zero-order chi connectivity index (χ0) is 20.2. The number of benzene rings is 2. The zero-order valence-corrected chi connectivity index (χ0v) is 15.3. The Morgan fingerprint density at radius 2 is 1.82 bits per heavy atom. The van der Waals surface area contributed by atoms with Crippen LogP contribution in [-0.4, -0.2) is 46.7 Å². The minimum Gasteiger partial charge on any atom is -0.496 e. The van der Waals surface area contributed by atoms with E-state index >= 15 is 0 Å². The summed E-state index contributed by atoms with van der Waals surface area (Å²) < 4.78 is 5.40. The van der Waals surface area contributed by atoms with Gasteiger partial charge in [-0.25, -0.2) is 0 Å². The first-order valence-electron chi connectivity index (χ1n) is 8.92. The van der Waals surface area contributed by atoms with Crippen LogP contribution >= 0.6 is 0 Å².